The van der Waals surface area contributed by atoms with Gasteiger partial charge in [-0.15, -0.1) is 0 Å². The average Bonchev–Trinajstić information content (AvgIpc) is 3.15. The largest absolute Gasteiger partial charge is 0.489 e. The van der Waals surface area contributed by atoms with Gasteiger partial charge >= 0.3 is 0 Å². The van der Waals surface area contributed by atoms with Crippen LogP contribution >= 0.6 is 11.3 Å². The molecule has 0 atom stereocenters. The van der Waals surface area contributed by atoms with Crippen LogP contribution in [-0.2, 0) is 11.4 Å². The van der Waals surface area contributed by atoms with E-state index in [1.54, 1.807) is 24.3 Å². The molecule has 1 heterocycles. The number of halogens is 2. The van der Waals surface area contributed by atoms with Gasteiger partial charge in [-0.2, -0.15) is 0 Å². The van der Waals surface area contributed by atoms with Crippen molar-refractivity contribution in [3.05, 3.63) is 83.9 Å². The number of fused-ring (bicyclic) bond motifs is 1. The summed E-state index contributed by atoms with van der Waals surface area (Å²) in [5.74, 6) is -0.748. The number of nitrogens with zero attached hydrogens (tertiary/aromatic N) is 1. The minimum Gasteiger partial charge on any atom is -0.489 e. The standard InChI is InChI=1S/C22H16F2N2O3S/c23-15-10-18(24)21-19(11-15)30-22(26-21)25-20(27)13-29-17-8-6-16(7-9-17)28-12-14-4-2-1-3-5-14/h1-11H,12-13H2,(H,25,26,27). The molecule has 0 spiro atoms. The van der Waals surface area contributed by atoms with Gasteiger partial charge in [0.05, 0.1) is 4.70 Å². The second-order valence-corrected chi connectivity index (χ2v) is 7.37. The third kappa shape index (κ3) is 4.90. The van der Waals surface area contributed by atoms with E-state index in [1.807, 2.05) is 30.3 Å². The van der Waals surface area contributed by atoms with E-state index in [2.05, 4.69) is 10.3 Å². The Bertz CT molecular complexity index is 1160. The summed E-state index contributed by atoms with van der Waals surface area (Å²) in [6.07, 6.45) is 0. The maximum absolute atomic E-state index is 13.7. The van der Waals surface area contributed by atoms with Crippen LogP contribution in [0.15, 0.2) is 66.7 Å². The van der Waals surface area contributed by atoms with E-state index in [4.69, 9.17) is 9.47 Å². The third-order valence-electron chi connectivity index (χ3n) is 4.10. The van der Waals surface area contributed by atoms with Crippen molar-refractivity contribution in [1.82, 2.24) is 4.98 Å². The van der Waals surface area contributed by atoms with Gasteiger partial charge in [-0.25, -0.2) is 13.8 Å². The van der Waals surface area contributed by atoms with Crippen LogP contribution in [0.5, 0.6) is 11.5 Å². The smallest absolute Gasteiger partial charge is 0.264 e. The molecule has 0 aliphatic rings. The van der Waals surface area contributed by atoms with Crippen LogP contribution in [0.1, 0.15) is 5.56 Å². The Morgan fingerprint density at radius 2 is 1.67 bits per heavy atom. The summed E-state index contributed by atoms with van der Waals surface area (Å²) in [7, 11) is 0. The molecular formula is C22H16F2N2O3S. The van der Waals surface area contributed by atoms with Crippen molar-refractivity contribution >= 4 is 32.6 Å². The van der Waals surface area contributed by atoms with Gasteiger partial charge in [0.2, 0.25) is 0 Å². The van der Waals surface area contributed by atoms with Gasteiger partial charge in [0, 0.05) is 6.07 Å². The van der Waals surface area contributed by atoms with Gasteiger partial charge in [0.25, 0.3) is 5.91 Å². The summed E-state index contributed by atoms with van der Waals surface area (Å²) in [5, 5.41) is 2.70. The molecular weight excluding hydrogens is 410 g/mol. The average molecular weight is 426 g/mol. The SMILES string of the molecule is O=C(COc1ccc(OCc2ccccc2)cc1)Nc1nc2c(F)cc(F)cc2s1. The first kappa shape index (κ1) is 19.8. The fourth-order valence-electron chi connectivity index (χ4n) is 2.69. The van der Waals surface area contributed by atoms with Crippen LogP contribution in [-0.4, -0.2) is 17.5 Å². The van der Waals surface area contributed by atoms with E-state index >= 15 is 0 Å². The fourth-order valence-corrected chi connectivity index (χ4v) is 3.61. The fraction of sp³-hybridized carbons (Fsp3) is 0.0909. The first-order valence-electron chi connectivity index (χ1n) is 9.02. The molecule has 0 saturated carbocycles. The second kappa shape index (κ2) is 8.87. The van der Waals surface area contributed by atoms with Crippen LogP contribution in [0.4, 0.5) is 13.9 Å². The minimum absolute atomic E-state index is 0.0173. The number of benzene rings is 3. The highest BCUT2D eigenvalue weighted by Crippen LogP contribution is 2.28. The summed E-state index contributed by atoms with van der Waals surface area (Å²) in [5.41, 5.74) is 1.08. The predicted octanol–water partition coefficient (Wildman–Crippen LogP) is 5.17. The summed E-state index contributed by atoms with van der Waals surface area (Å²) < 4.78 is 38.4. The molecule has 8 heteroatoms. The lowest BCUT2D eigenvalue weighted by Crippen LogP contribution is -2.19. The van der Waals surface area contributed by atoms with Crippen molar-refractivity contribution in [2.75, 3.05) is 11.9 Å². The Balaban J connectivity index is 1.29. The maximum Gasteiger partial charge on any atom is 0.264 e. The number of rotatable bonds is 7. The van der Waals surface area contributed by atoms with Gasteiger partial charge < -0.3 is 9.47 Å². The normalized spacial score (nSPS) is 10.7. The molecule has 1 aromatic heterocycles. The van der Waals surface area contributed by atoms with E-state index in [9.17, 15) is 13.6 Å². The molecule has 0 fully saturated rings. The third-order valence-corrected chi connectivity index (χ3v) is 5.02. The second-order valence-electron chi connectivity index (χ2n) is 6.34. The van der Waals surface area contributed by atoms with Crippen molar-refractivity contribution < 1.29 is 23.0 Å². The van der Waals surface area contributed by atoms with E-state index < -0.39 is 17.5 Å². The summed E-state index contributed by atoms with van der Waals surface area (Å²) in [6.45, 7) is 0.201. The zero-order valence-electron chi connectivity index (χ0n) is 15.6. The molecule has 152 valence electrons. The Morgan fingerprint density at radius 3 is 2.40 bits per heavy atom. The highest BCUT2D eigenvalue weighted by Gasteiger charge is 2.13. The zero-order chi connectivity index (χ0) is 20.9. The molecule has 0 radical (unpaired) electrons. The number of carbonyl (C=O) groups excluding carboxylic acids is 1. The van der Waals surface area contributed by atoms with Gasteiger partial charge in [-0.05, 0) is 35.9 Å². The number of hydrogen-bond donors (Lipinski definition) is 1. The Morgan fingerprint density at radius 1 is 0.967 bits per heavy atom. The Hall–Kier alpha value is -3.52. The molecule has 3 aromatic carbocycles. The molecule has 0 saturated heterocycles. The summed E-state index contributed by atoms with van der Waals surface area (Å²) >= 11 is 0.986. The molecule has 4 aromatic rings. The van der Waals surface area contributed by atoms with Crippen LogP contribution in [0.3, 0.4) is 0 Å². The molecule has 0 unspecified atom stereocenters. The number of thiazole rings is 1. The molecule has 4 rings (SSSR count). The lowest BCUT2D eigenvalue weighted by Gasteiger charge is -2.08. The van der Waals surface area contributed by atoms with Crippen molar-refractivity contribution in [3.63, 3.8) is 0 Å². The maximum atomic E-state index is 13.7. The number of amides is 1. The summed E-state index contributed by atoms with van der Waals surface area (Å²) in [6, 6.07) is 18.6. The lowest BCUT2D eigenvalue weighted by molar-refractivity contribution is -0.118. The number of carbonyl (C=O) groups is 1. The van der Waals surface area contributed by atoms with E-state index in [0.29, 0.717) is 22.8 Å². The number of anilines is 1. The van der Waals surface area contributed by atoms with Crippen molar-refractivity contribution in [1.29, 1.82) is 0 Å². The zero-order valence-corrected chi connectivity index (χ0v) is 16.4. The first-order valence-corrected chi connectivity index (χ1v) is 9.83. The van der Waals surface area contributed by atoms with E-state index in [0.717, 1.165) is 23.0 Å². The molecule has 1 amide bonds. The number of ether oxygens (including phenoxy) is 2. The number of aromatic nitrogens is 1. The van der Waals surface area contributed by atoms with E-state index in [1.165, 1.54) is 6.07 Å². The Labute approximate surface area is 174 Å². The predicted molar refractivity (Wildman–Crippen MR) is 111 cm³/mol. The molecule has 0 aliphatic heterocycles. The topological polar surface area (TPSA) is 60.5 Å². The minimum atomic E-state index is -0.771. The van der Waals surface area contributed by atoms with Crippen molar-refractivity contribution in [2.45, 2.75) is 6.61 Å². The van der Waals surface area contributed by atoms with Gasteiger partial charge in [-0.3, -0.25) is 10.1 Å². The summed E-state index contributed by atoms with van der Waals surface area (Å²) in [4.78, 5) is 16.1. The van der Waals surface area contributed by atoms with Crippen LogP contribution in [0, 0.1) is 11.6 Å². The highest BCUT2D eigenvalue weighted by molar-refractivity contribution is 7.22. The van der Waals surface area contributed by atoms with Gasteiger partial charge in [0.1, 0.15) is 29.4 Å². The molecule has 1 N–H and O–H groups in total. The molecule has 0 aliphatic carbocycles. The van der Waals surface area contributed by atoms with Crippen LogP contribution in [0.25, 0.3) is 10.2 Å². The Kier molecular flexibility index (Phi) is 5.85. The van der Waals surface area contributed by atoms with Gasteiger partial charge in [0.15, 0.2) is 17.6 Å². The monoisotopic (exact) mass is 426 g/mol. The molecule has 30 heavy (non-hydrogen) atoms. The number of hydrogen-bond acceptors (Lipinski definition) is 5. The quantitative estimate of drug-likeness (QED) is 0.443. The number of nitrogens with one attached hydrogen (secondary N) is 1. The molecule has 5 nitrogen and oxygen atoms in total. The van der Waals surface area contributed by atoms with Crippen LogP contribution in [0.2, 0.25) is 0 Å². The van der Waals surface area contributed by atoms with E-state index in [-0.39, 0.29) is 17.3 Å². The lowest BCUT2D eigenvalue weighted by atomic mass is 10.2. The molecule has 0 bridgehead atoms. The van der Waals surface area contributed by atoms with Crippen molar-refractivity contribution in [3.8, 4) is 11.5 Å². The van der Waals surface area contributed by atoms with Crippen molar-refractivity contribution in [2.24, 2.45) is 0 Å². The van der Waals surface area contributed by atoms with Gasteiger partial charge in [-0.1, -0.05) is 41.7 Å². The first-order chi connectivity index (χ1) is 14.6. The highest BCUT2D eigenvalue weighted by atomic mass is 32.1. The van der Waals surface area contributed by atoms with Crippen LogP contribution < -0.4 is 14.8 Å².